The molecular formula is C16H32O5. The fourth-order valence-electron chi connectivity index (χ4n) is 1.07. The van der Waals surface area contributed by atoms with E-state index in [1.807, 2.05) is 39.8 Å². The van der Waals surface area contributed by atoms with Crippen molar-refractivity contribution in [2.24, 2.45) is 0 Å². The minimum absolute atomic E-state index is 0.778. The Morgan fingerprint density at radius 3 is 1.10 bits per heavy atom. The van der Waals surface area contributed by atoms with Gasteiger partial charge in [-0.3, -0.25) is 0 Å². The molecule has 0 unspecified atom stereocenters. The highest BCUT2D eigenvalue weighted by Crippen LogP contribution is 1.85. The Kier molecular flexibility index (Phi) is 25.8. The highest BCUT2D eigenvalue weighted by atomic mass is 16.6. The van der Waals surface area contributed by atoms with Crippen LogP contribution in [0, 0.1) is 0 Å². The van der Waals surface area contributed by atoms with Gasteiger partial charge >= 0.3 is 0 Å². The Morgan fingerprint density at radius 1 is 0.667 bits per heavy atom. The Hall–Kier alpha value is -0.880. The summed E-state index contributed by atoms with van der Waals surface area (Å²) in [5.74, 6) is 0. The van der Waals surface area contributed by atoms with Gasteiger partial charge in [0, 0.05) is 26.4 Å². The quantitative estimate of drug-likeness (QED) is 0.853. The smallest absolute Gasteiger partial charge is 0.0902 e. The van der Waals surface area contributed by atoms with Crippen LogP contribution in [0.2, 0.25) is 0 Å². The summed E-state index contributed by atoms with van der Waals surface area (Å²) in [4.78, 5) is 0. The van der Waals surface area contributed by atoms with Crippen LogP contribution in [0.15, 0.2) is 29.1 Å². The van der Waals surface area contributed by atoms with Crippen molar-refractivity contribution in [3.8, 4) is 0 Å². The first-order valence-corrected chi connectivity index (χ1v) is 7.61. The number of furan rings is 1. The fourth-order valence-corrected chi connectivity index (χ4v) is 1.07. The number of hydrogen-bond acceptors (Lipinski definition) is 5. The summed E-state index contributed by atoms with van der Waals surface area (Å²) < 4.78 is 24.1. The van der Waals surface area contributed by atoms with E-state index in [1.54, 1.807) is 12.5 Å². The largest absolute Gasteiger partial charge is 0.473 e. The molecule has 2 rings (SSSR count). The molecule has 1 saturated heterocycles. The molecule has 21 heavy (non-hydrogen) atoms. The van der Waals surface area contributed by atoms with Crippen molar-refractivity contribution in [1.29, 1.82) is 0 Å². The molecule has 1 aliphatic heterocycles. The van der Waals surface area contributed by atoms with Crippen LogP contribution in [0.25, 0.3) is 0 Å². The van der Waals surface area contributed by atoms with Crippen molar-refractivity contribution < 1.29 is 23.4 Å². The van der Waals surface area contributed by atoms with E-state index in [1.165, 1.54) is 0 Å². The van der Waals surface area contributed by atoms with Gasteiger partial charge in [-0.15, -0.1) is 0 Å². The van der Waals surface area contributed by atoms with Crippen molar-refractivity contribution >= 4 is 0 Å². The van der Waals surface area contributed by atoms with Crippen molar-refractivity contribution in [1.82, 2.24) is 0 Å². The van der Waals surface area contributed by atoms with E-state index in [2.05, 4.69) is 4.42 Å². The van der Waals surface area contributed by atoms with Gasteiger partial charge in [0.2, 0.25) is 0 Å². The molecule has 5 heteroatoms. The van der Waals surface area contributed by atoms with Crippen molar-refractivity contribution in [3.63, 3.8) is 0 Å². The Bertz CT molecular complexity index is 184. The molecule has 126 valence electrons. The van der Waals surface area contributed by atoms with E-state index in [9.17, 15) is 0 Å². The van der Waals surface area contributed by atoms with Gasteiger partial charge in [-0.2, -0.15) is 0 Å². The van der Waals surface area contributed by atoms with Crippen LogP contribution in [0.4, 0.5) is 0 Å². The molecule has 0 aromatic carbocycles. The summed E-state index contributed by atoms with van der Waals surface area (Å²) in [6.45, 7) is 14.4. The van der Waals surface area contributed by atoms with Gasteiger partial charge in [0.1, 0.15) is 0 Å². The minimum Gasteiger partial charge on any atom is -0.473 e. The van der Waals surface area contributed by atoms with Crippen molar-refractivity contribution in [3.05, 3.63) is 24.7 Å². The van der Waals surface area contributed by atoms with Crippen LogP contribution in [0.5, 0.6) is 0 Å². The number of ether oxygens (including phenoxy) is 4. The second-order valence-corrected chi connectivity index (χ2v) is 3.58. The molecule has 0 radical (unpaired) electrons. The zero-order chi connectivity index (χ0) is 16.0. The van der Waals surface area contributed by atoms with Gasteiger partial charge in [-0.05, 0) is 39.8 Å². The average Bonchev–Trinajstić information content (AvgIpc) is 3.11. The lowest BCUT2D eigenvalue weighted by atomic mass is 10.6. The molecule has 0 atom stereocenters. The number of rotatable bonds is 4. The average molecular weight is 304 g/mol. The molecule has 1 aliphatic rings. The maximum absolute atomic E-state index is 4.94. The molecule has 0 spiro atoms. The topological polar surface area (TPSA) is 50.1 Å². The SMILES string of the molecule is C1COCCO1.CCOCC.CCOCC.c1ccoc1. The predicted octanol–water partition coefficient (Wildman–Crippen LogP) is 3.40. The van der Waals surface area contributed by atoms with Gasteiger partial charge in [-0.25, -0.2) is 0 Å². The number of hydrogen-bond donors (Lipinski definition) is 0. The third kappa shape index (κ3) is 28.1. The van der Waals surface area contributed by atoms with Crippen LogP contribution in [0.1, 0.15) is 27.7 Å². The third-order valence-corrected chi connectivity index (χ3v) is 1.99. The van der Waals surface area contributed by atoms with Crippen molar-refractivity contribution in [2.45, 2.75) is 27.7 Å². The monoisotopic (exact) mass is 304 g/mol. The van der Waals surface area contributed by atoms with Crippen molar-refractivity contribution in [2.75, 3.05) is 52.9 Å². The summed E-state index contributed by atoms with van der Waals surface area (Å²) in [5, 5.41) is 0. The maximum atomic E-state index is 4.94. The van der Waals surface area contributed by atoms with Gasteiger partial charge in [0.05, 0.1) is 39.0 Å². The molecule has 0 N–H and O–H groups in total. The molecule has 1 fully saturated rings. The highest BCUT2D eigenvalue weighted by molar-refractivity contribution is 4.79. The maximum Gasteiger partial charge on any atom is 0.0902 e. The van der Waals surface area contributed by atoms with Crippen LogP contribution < -0.4 is 0 Å². The Morgan fingerprint density at radius 2 is 1.00 bits per heavy atom. The molecule has 0 amide bonds. The molecule has 5 nitrogen and oxygen atoms in total. The van der Waals surface area contributed by atoms with E-state index in [-0.39, 0.29) is 0 Å². The van der Waals surface area contributed by atoms with E-state index < -0.39 is 0 Å². The first-order chi connectivity index (χ1) is 10.3. The summed E-state index contributed by atoms with van der Waals surface area (Å²) >= 11 is 0. The van der Waals surface area contributed by atoms with E-state index in [4.69, 9.17) is 18.9 Å². The molecule has 0 aliphatic carbocycles. The van der Waals surface area contributed by atoms with Crippen LogP contribution >= 0.6 is 0 Å². The minimum atomic E-state index is 0.778. The first-order valence-electron chi connectivity index (χ1n) is 7.61. The molecule has 1 aromatic heterocycles. The van der Waals surface area contributed by atoms with Gasteiger partial charge in [-0.1, -0.05) is 0 Å². The van der Waals surface area contributed by atoms with Gasteiger partial charge in [0.25, 0.3) is 0 Å². The van der Waals surface area contributed by atoms with Crippen LogP contribution in [0.3, 0.4) is 0 Å². The van der Waals surface area contributed by atoms with Gasteiger partial charge in [0.15, 0.2) is 0 Å². The Labute approximate surface area is 129 Å². The molecule has 0 saturated carbocycles. The second-order valence-electron chi connectivity index (χ2n) is 3.58. The fraction of sp³-hybridized carbons (Fsp3) is 0.750. The lowest BCUT2D eigenvalue weighted by Crippen LogP contribution is -2.16. The summed E-state index contributed by atoms with van der Waals surface area (Å²) in [6.07, 6.45) is 3.25. The lowest BCUT2D eigenvalue weighted by molar-refractivity contribution is -0.0334. The lowest BCUT2D eigenvalue weighted by Gasteiger charge is -2.09. The third-order valence-electron chi connectivity index (χ3n) is 1.99. The standard InChI is InChI=1S/C4H8O2.C4H4O.2C4H10O/c1-2-6-4-3-5-1;1-2-4-5-3-1;2*1-3-5-4-2/h1-4H2;1-4H;2*3-4H2,1-2H3. The summed E-state index contributed by atoms with van der Waals surface area (Å²) in [5.41, 5.74) is 0. The highest BCUT2D eigenvalue weighted by Gasteiger charge is 1.94. The first kappa shape index (κ1) is 22.4. The Balaban J connectivity index is 0. The van der Waals surface area contributed by atoms with E-state index in [0.717, 1.165) is 52.9 Å². The molecule has 0 bridgehead atoms. The summed E-state index contributed by atoms with van der Waals surface area (Å²) in [7, 11) is 0. The molecule has 2 heterocycles. The predicted molar refractivity (Wildman–Crippen MR) is 84.7 cm³/mol. The molecule has 1 aromatic rings. The van der Waals surface area contributed by atoms with E-state index >= 15 is 0 Å². The zero-order valence-electron chi connectivity index (χ0n) is 14.0. The van der Waals surface area contributed by atoms with Crippen LogP contribution in [-0.4, -0.2) is 52.9 Å². The van der Waals surface area contributed by atoms with Gasteiger partial charge < -0.3 is 23.4 Å². The molecular weight excluding hydrogens is 272 g/mol. The van der Waals surface area contributed by atoms with E-state index in [0.29, 0.717) is 0 Å². The van der Waals surface area contributed by atoms with Crippen LogP contribution in [-0.2, 0) is 18.9 Å². The second kappa shape index (κ2) is 24.2. The zero-order valence-corrected chi connectivity index (χ0v) is 14.0. The normalized spacial score (nSPS) is 12.8. The summed E-state index contributed by atoms with van der Waals surface area (Å²) in [6, 6.07) is 3.67.